The zero-order valence-corrected chi connectivity index (χ0v) is 29.5. The fourth-order valence-electron chi connectivity index (χ4n) is 5.79. The number of nitrogens with zero attached hydrogens (tertiary/aromatic N) is 4. The van der Waals surface area contributed by atoms with Crippen LogP contribution in [0.25, 0.3) is 0 Å². The SMILES string of the molecule is CCN1C(=C=CCC2N(CC)c3cc(Cl)c(Cl)cc3N2CCCCS(=O)(=O)O)N(CCCCS(=O)(=O)O)c2cc(Cl)c(Cl)cc21. The molecule has 1 unspecified atom stereocenters. The van der Waals surface area contributed by atoms with Crippen molar-refractivity contribution in [2.24, 2.45) is 0 Å². The fraction of sp³-hybridized carbons (Fsp3) is 0.483. The first-order chi connectivity index (χ1) is 21.1. The molecule has 2 N–H and O–H groups in total. The summed E-state index contributed by atoms with van der Waals surface area (Å²) >= 11 is 25.6. The number of anilines is 4. The molecule has 10 nitrogen and oxygen atoms in total. The standard InChI is InChI=1S/C29H36Cl4N4O6S2/c1-3-34-24-16-20(30)22(32)18-26(24)36(12-5-7-14-44(38,39)40)28(34)10-9-11-29-35(4-2)25-17-21(31)23(33)19-27(25)37(29)13-6-8-15-45(41,42)43/h9,16-19,28H,3-8,10,12-15H2,1-2H3,(H,38,39,40)(H,41,42,43). The molecule has 0 spiro atoms. The van der Waals surface area contributed by atoms with Gasteiger partial charge in [-0.05, 0) is 69.9 Å². The lowest BCUT2D eigenvalue weighted by Gasteiger charge is -2.32. The van der Waals surface area contributed by atoms with Gasteiger partial charge in [-0.2, -0.15) is 16.8 Å². The molecule has 0 bridgehead atoms. The first-order valence-electron chi connectivity index (χ1n) is 14.6. The number of rotatable bonds is 14. The van der Waals surface area contributed by atoms with E-state index < -0.39 is 20.2 Å². The van der Waals surface area contributed by atoms with Crippen LogP contribution < -0.4 is 19.6 Å². The minimum atomic E-state index is -4.07. The van der Waals surface area contributed by atoms with Gasteiger partial charge in [0, 0.05) is 32.6 Å². The number of hydrogen-bond acceptors (Lipinski definition) is 8. The van der Waals surface area contributed by atoms with Crippen molar-refractivity contribution in [1.29, 1.82) is 0 Å². The minimum absolute atomic E-state index is 0.149. The Morgan fingerprint density at radius 3 is 1.64 bits per heavy atom. The van der Waals surface area contributed by atoms with Crippen LogP contribution in [0.5, 0.6) is 0 Å². The predicted molar refractivity (Wildman–Crippen MR) is 185 cm³/mol. The molecule has 0 radical (unpaired) electrons. The van der Waals surface area contributed by atoms with E-state index in [1.165, 1.54) is 0 Å². The molecule has 0 amide bonds. The average molecular weight is 743 g/mol. The number of fused-ring (bicyclic) bond motifs is 2. The molecular weight excluding hydrogens is 706 g/mol. The largest absolute Gasteiger partial charge is 0.349 e. The maximum atomic E-state index is 11.3. The Hall–Kier alpha value is -1.86. The summed E-state index contributed by atoms with van der Waals surface area (Å²) < 4.78 is 63.5. The van der Waals surface area contributed by atoms with Gasteiger partial charge in [0.25, 0.3) is 20.2 Å². The Bertz CT molecular complexity index is 1700. The number of halogens is 4. The quantitative estimate of drug-likeness (QED) is 0.116. The molecule has 0 saturated heterocycles. The van der Waals surface area contributed by atoms with Crippen molar-refractivity contribution in [2.75, 3.05) is 57.3 Å². The van der Waals surface area contributed by atoms with Gasteiger partial charge in [0.05, 0.1) is 54.3 Å². The highest BCUT2D eigenvalue weighted by Gasteiger charge is 2.35. The van der Waals surface area contributed by atoms with E-state index in [2.05, 4.69) is 20.4 Å². The van der Waals surface area contributed by atoms with E-state index in [0.717, 1.165) is 28.6 Å². The normalized spacial score (nSPS) is 16.4. The van der Waals surface area contributed by atoms with Crippen LogP contribution in [0.1, 0.15) is 46.0 Å². The summed E-state index contributed by atoms with van der Waals surface area (Å²) in [6.45, 7) is 6.30. The summed E-state index contributed by atoms with van der Waals surface area (Å²) in [6, 6.07) is 7.25. The Kier molecular flexibility index (Phi) is 11.9. The summed E-state index contributed by atoms with van der Waals surface area (Å²) in [6.07, 6.45) is 3.92. The van der Waals surface area contributed by atoms with Gasteiger partial charge in [0.1, 0.15) is 6.17 Å². The lowest BCUT2D eigenvalue weighted by Crippen LogP contribution is -2.43. The Morgan fingerprint density at radius 1 is 0.689 bits per heavy atom. The molecule has 2 aliphatic heterocycles. The zero-order valence-electron chi connectivity index (χ0n) is 24.9. The monoisotopic (exact) mass is 740 g/mol. The molecule has 4 rings (SSSR count). The van der Waals surface area contributed by atoms with E-state index in [0.29, 0.717) is 72.0 Å². The smallest absolute Gasteiger partial charge is 0.264 e. The first-order valence-corrected chi connectivity index (χ1v) is 19.3. The second-order valence-corrected chi connectivity index (χ2v) is 15.5. The van der Waals surface area contributed by atoms with Crippen molar-refractivity contribution in [3.05, 3.63) is 62.0 Å². The summed E-state index contributed by atoms with van der Waals surface area (Å²) in [5, 5.41) is 1.65. The Morgan fingerprint density at radius 2 is 1.16 bits per heavy atom. The second-order valence-electron chi connectivity index (χ2n) is 10.8. The van der Waals surface area contributed by atoms with Gasteiger partial charge in [0.15, 0.2) is 5.82 Å². The topological polar surface area (TPSA) is 122 Å². The van der Waals surface area contributed by atoms with Crippen molar-refractivity contribution in [3.8, 4) is 0 Å². The lowest BCUT2D eigenvalue weighted by atomic mass is 10.2. The lowest BCUT2D eigenvalue weighted by molar-refractivity contribution is 0.477. The molecule has 0 aliphatic carbocycles. The second kappa shape index (κ2) is 14.9. The highest BCUT2D eigenvalue weighted by Crippen LogP contribution is 2.47. The van der Waals surface area contributed by atoms with Crippen molar-refractivity contribution in [2.45, 2.75) is 52.1 Å². The molecular formula is C29H36Cl4N4O6S2. The molecule has 248 valence electrons. The highest BCUT2D eigenvalue weighted by atomic mass is 35.5. The summed E-state index contributed by atoms with van der Waals surface area (Å²) in [5.41, 5.74) is 6.95. The highest BCUT2D eigenvalue weighted by molar-refractivity contribution is 7.86. The molecule has 45 heavy (non-hydrogen) atoms. The van der Waals surface area contributed by atoms with Crippen LogP contribution in [0.3, 0.4) is 0 Å². The third kappa shape index (κ3) is 8.74. The van der Waals surface area contributed by atoms with Crippen molar-refractivity contribution in [3.63, 3.8) is 0 Å². The number of benzene rings is 2. The molecule has 2 heterocycles. The first kappa shape index (κ1) is 36.0. The molecule has 0 saturated carbocycles. The third-order valence-corrected chi connectivity index (χ3v) is 10.8. The van der Waals surface area contributed by atoms with Gasteiger partial charge in [0.2, 0.25) is 0 Å². The van der Waals surface area contributed by atoms with E-state index >= 15 is 0 Å². The molecule has 0 fully saturated rings. The summed E-state index contributed by atoms with van der Waals surface area (Å²) in [5.74, 6) is 0.108. The number of unbranched alkanes of at least 4 members (excludes halogenated alkanes) is 2. The van der Waals surface area contributed by atoms with Crippen LogP contribution in [-0.2, 0) is 20.2 Å². The average Bonchev–Trinajstić information content (AvgIpc) is 3.38. The van der Waals surface area contributed by atoms with Crippen LogP contribution in [0.2, 0.25) is 20.1 Å². The van der Waals surface area contributed by atoms with Gasteiger partial charge < -0.3 is 19.6 Å². The van der Waals surface area contributed by atoms with Crippen molar-refractivity contribution < 1.29 is 25.9 Å². The summed E-state index contributed by atoms with van der Waals surface area (Å²) in [4.78, 5) is 8.46. The van der Waals surface area contributed by atoms with Gasteiger partial charge >= 0.3 is 0 Å². The molecule has 2 aromatic rings. The minimum Gasteiger partial charge on any atom is -0.349 e. The van der Waals surface area contributed by atoms with Gasteiger partial charge in [-0.15, -0.1) is 0 Å². The predicted octanol–water partition coefficient (Wildman–Crippen LogP) is 7.34. The molecule has 1 atom stereocenters. The third-order valence-electron chi connectivity index (χ3n) is 7.77. The maximum Gasteiger partial charge on any atom is 0.264 e. The van der Waals surface area contributed by atoms with Crippen LogP contribution in [0.4, 0.5) is 22.7 Å². The van der Waals surface area contributed by atoms with Crippen molar-refractivity contribution in [1.82, 2.24) is 0 Å². The van der Waals surface area contributed by atoms with Crippen LogP contribution in [-0.4, -0.2) is 69.8 Å². The van der Waals surface area contributed by atoms with E-state index in [1.807, 2.05) is 37.0 Å². The van der Waals surface area contributed by atoms with Gasteiger partial charge in [-0.3, -0.25) is 9.11 Å². The zero-order chi connectivity index (χ0) is 33.1. The number of hydrogen-bond donors (Lipinski definition) is 2. The fourth-order valence-corrected chi connectivity index (χ4v) is 7.56. The van der Waals surface area contributed by atoms with Crippen molar-refractivity contribution >= 4 is 89.4 Å². The van der Waals surface area contributed by atoms with Crippen LogP contribution >= 0.6 is 46.4 Å². The molecule has 2 aromatic carbocycles. The molecule has 0 aromatic heterocycles. The van der Waals surface area contributed by atoms with E-state index in [-0.39, 0.29) is 24.1 Å². The van der Waals surface area contributed by atoms with Gasteiger partial charge in [-0.25, -0.2) is 0 Å². The molecule has 2 aliphatic rings. The van der Waals surface area contributed by atoms with E-state index in [1.54, 1.807) is 12.1 Å². The van der Waals surface area contributed by atoms with E-state index in [9.17, 15) is 25.9 Å². The molecule has 16 heteroatoms. The van der Waals surface area contributed by atoms with Gasteiger partial charge in [-0.1, -0.05) is 52.1 Å². The van der Waals surface area contributed by atoms with E-state index in [4.69, 9.17) is 46.4 Å². The van der Waals surface area contributed by atoms with Crippen LogP contribution in [0, 0.1) is 0 Å². The Labute approximate surface area is 285 Å². The Balaban J connectivity index is 1.67. The van der Waals surface area contributed by atoms with Crippen LogP contribution in [0.15, 0.2) is 41.9 Å². The maximum absolute atomic E-state index is 11.3. The summed E-state index contributed by atoms with van der Waals surface area (Å²) in [7, 11) is -8.12.